The van der Waals surface area contributed by atoms with E-state index < -0.39 is 0 Å². The Hall–Kier alpha value is -2.96. The fraction of sp³-hybridized carbons (Fsp3) is 0.370. The van der Waals surface area contributed by atoms with Crippen molar-refractivity contribution >= 4 is 24.1 Å². The summed E-state index contributed by atoms with van der Waals surface area (Å²) in [6.45, 7) is 2.16. The molecule has 7 heteroatoms. The van der Waals surface area contributed by atoms with Crippen molar-refractivity contribution in [2.24, 2.45) is 0 Å². The topological polar surface area (TPSA) is 67.2 Å². The largest absolute Gasteiger partial charge is 0.331 e. The van der Waals surface area contributed by atoms with Gasteiger partial charge in [-0.15, -0.1) is 12.4 Å². The fourth-order valence-corrected chi connectivity index (χ4v) is 5.13. The molecule has 1 unspecified atom stereocenters. The van der Waals surface area contributed by atoms with E-state index in [0.29, 0.717) is 18.7 Å². The van der Waals surface area contributed by atoms with Crippen molar-refractivity contribution in [3.63, 3.8) is 0 Å². The summed E-state index contributed by atoms with van der Waals surface area (Å²) in [5.74, 6) is 0.178. The number of piperazine rings is 1. The molecule has 34 heavy (non-hydrogen) atoms. The predicted octanol–water partition coefficient (Wildman–Crippen LogP) is 4.31. The zero-order chi connectivity index (χ0) is 22.6. The van der Waals surface area contributed by atoms with Crippen LogP contribution in [0.2, 0.25) is 0 Å². The molecule has 6 nitrogen and oxygen atoms in total. The maximum absolute atomic E-state index is 13.9. The molecule has 1 amide bonds. The number of amides is 1. The number of ketones is 1. The first kappa shape index (κ1) is 24.2. The number of nitrogens with zero attached hydrogens (tertiary/aromatic N) is 3. The first-order chi connectivity index (χ1) is 16.2. The van der Waals surface area contributed by atoms with Crippen LogP contribution in [0.4, 0.5) is 0 Å². The van der Waals surface area contributed by atoms with Gasteiger partial charge in [0.05, 0.1) is 18.1 Å². The number of halogens is 1. The minimum Gasteiger partial charge on any atom is -0.331 e. The van der Waals surface area contributed by atoms with Crippen LogP contribution >= 0.6 is 12.4 Å². The van der Waals surface area contributed by atoms with Gasteiger partial charge in [0, 0.05) is 37.7 Å². The van der Waals surface area contributed by atoms with Crippen LogP contribution in [-0.4, -0.2) is 51.8 Å². The van der Waals surface area contributed by atoms with Gasteiger partial charge in [0.1, 0.15) is 0 Å². The maximum Gasteiger partial charge on any atom is 0.275 e. The van der Waals surface area contributed by atoms with Gasteiger partial charge in [-0.25, -0.2) is 4.98 Å². The Balaban J connectivity index is 0.00000274. The lowest BCUT2D eigenvalue weighted by Crippen LogP contribution is -2.54. The van der Waals surface area contributed by atoms with E-state index in [4.69, 9.17) is 0 Å². The maximum atomic E-state index is 13.9. The molecule has 1 N–H and O–H groups in total. The van der Waals surface area contributed by atoms with Gasteiger partial charge in [-0.3, -0.25) is 9.59 Å². The van der Waals surface area contributed by atoms with Gasteiger partial charge < -0.3 is 14.8 Å². The average molecular weight is 479 g/mol. The Morgan fingerprint density at radius 1 is 1.03 bits per heavy atom. The SMILES string of the molecule is Cl.O=C1CCCCC1n1cnc(C(=O)N2CCNC[C@H]2Cc2ccccc2)c1-c1ccccc1. The lowest BCUT2D eigenvalue weighted by Gasteiger charge is -2.36. The third-order valence-corrected chi connectivity index (χ3v) is 6.83. The number of hydrogen-bond acceptors (Lipinski definition) is 4. The molecule has 0 radical (unpaired) electrons. The highest BCUT2D eigenvalue weighted by Crippen LogP contribution is 2.33. The molecule has 1 aliphatic heterocycles. The van der Waals surface area contributed by atoms with Gasteiger partial charge in [-0.2, -0.15) is 0 Å². The van der Waals surface area contributed by atoms with Crippen LogP contribution in [-0.2, 0) is 11.2 Å². The summed E-state index contributed by atoms with van der Waals surface area (Å²) < 4.78 is 1.96. The van der Waals surface area contributed by atoms with Crippen LogP contribution in [0.5, 0.6) is 0 Å². The summed E-state index contributed by atoms with van der Waals surface area (Å²) in [5.41, 5.74) is 3.34. The smallest absolute Gasteiger partial charge is 0.275 e. The minimum atomic E-state index is -0.244. The molecule has 1 saturated carbocycles. The first-order valence-electron chi connectivity index (χ1n) is 11.9. The molecular weight excluding hydrogens is 448 g/mol. The van der Waals surface area contributed by atoms with Gasteiger partial charge in [0.2, 0.25) is 0 Å². The highest BCUT2D eigenvalue weighted by molar-refractivity contribution is 5.99. The average Bonchev–Trinajstić information content (AvgIpc) is 3.30. The van der Waals surface area contributed by atoms with E-state index in [9.17, 15) is 9.59 Å². The molecule has 5 rings (SSSR count). The quantitative estimate of drug-likeness (QED) is 0.593. The number of aromatic nitrogens is 2. The number of nitrogens with one attached hydrogen (secondary N) is 1. The molecule has 2 aliphatic rings. The molecule has 3 aromatic rings. The number of hydrogen-bond donors (Lipinski definition) is 1. The second-order valence-electron chi connectivity index (χ2n) is 8.99. The van der Waals surface area contributed by atoms with Crippen LogP contribution < -0.4 is 5.32 Å². The third-order valence-electron chi connectivity index (χ3n) is 6.83. The van der Waals surface area contributed by atoms with Gasteiger partial charge in [0.15, 0.2) is 11.5 Å². The van der Waals surface area contributed by atoms with Crippen LogP contribution in [0.25, 0.3) is 11.3 Å². The normalized spacial score (nSPS) is 20.6. The minimum absolute atomic E-state index is 0. The third kappa shape index (κ3) is 4.93. The summed E-state index contributed by atoms with van der Waals surface area (Å²) in [4.78, 5) is 33.3. The van der Waals surface area contributed by atoms with E-state index in [1.54, 1.807) is 6.33 Å². The summed E-state index contributed by atoms with van der Waals surface area (Å²) >= 11 is 0. The molecule has 1 aromatic heterocycles. The molecule has 1 saturated heterocycles. The van der Waals surface area contributed by atoms with Crippen LogP contribution in [0.1, 0.15) is 47.8 Å². The highest BCUT2D eigenvalue weighted by atomic mass is 35.5. The predicted molar refractivity (Wildman–Crippen MR) is 135 cm³/mol. The molecule has 1 aliphatic carbocycles. The zero-order valence-corrected chi connectivity index (χ0v) is 20.0. The Morgan fingerprint density at radius 3 is 2.50 bits per heavy atom. The second kappa shape index (κ2) is 11.0. The summed E-state index contributed by atoms with van der Waals surface area (Å²) in [7, 11) is 0. The molecule has 2 atom stereocenters. The van der Waals surface area contributed by atoms with Crippen LogP contribution in [0.15, 0.2) is 67.0 Å². The summed E-state index contributed by atoms with van der Waals surface area (Å²) in [6, 6.07) is 20.0. The number of benzene rings is 2. The van der Waals surface area contributed by atoms with Gasteiger partial charge in [-0.1, -0.05) is 67.1 Å². The van der Waals surface area contributed by atoms with Gasteiger partial charge in [0.25, 0.3) is 5.91 Å². The van der Waals surface area contributed by atoms with Crippen molar-refractivity contribution in [2.75, 3.05) is 19.6 Å². The van der Waals surface area contributed by atoms with Gasteiger partial charge in [-0.05, 0) is 24.8 Å². The first-order valence-corrected chi connectivity index (χ1v) is 11.9. The number of Topliss-reactive ketones (excluding diaryl/α,β-unsaturated/α-hetero) is 1. The molecule has 2 heterocycles. The molecule has 178 valence electrons. The van der Waals surface area contributed by atoms with E-state index in [2.05, 4.69) is 22.4 Å². The van der Waals surface area contributed by atoms with Crippen molar-refractivity contribution in [1.29, 1.82) is 0 Å². The van der Waals surface area contributed by atoms with Crippen LogP contribution in [0, 0.1) is 0 Å². The lowest BCUT2D eigenvalue weighted by atomic mass is 9.93. The second-order valence-corrected chi connectivity index (χ2v) is 8.99. The number of imidazole rings is 1. The van der Waals surface area contributed by atoms with E-state index >= 15 is 0 Å². The number of rotatable bonds is 5. The highest BCUT2D eigenvalue weighted by Gasteiger charge is 2.34. The van der Waals surface area contributed by atoms with Crippen molar-refractivity contribution in [1.82, 2.24) is 19.8 Å². The van der Waals surface area contributed by atoms with E-state index in [0.717, 1.165) is 50.0 Å². The Morgan fingerprint density at radius 2 is 1.76 bits per heavy atom. The van der Waals surface area contributed by atoms with Gasteiger partial charge >= 0.3 is 0 Å². The molecule has 0 bridgehead atoms. The fourth-order valence-electron chi connectivity index (χ4n) is 5.13. The van der Waals surface area contributed by atoms with E-state index in [1.807, 2.05) is 58.0 Å². The Bertz CT molecular complexity index is 1120. The molecule has 2 aromatic carbocycles. The van der Waals surface area contributed by atoms with E-state index in [1.165, 1.54) is 5.56 Å². The monoisotopic (exact) mass is 478 g/mol. The number of carbonyl (C=O) groups excluding carboxylic acids is 2. The Labute approximate surface area is 206 Å². The lowest BCUT2D eigenvalue weighted by molar-refractivity contribution is -0.123. The van der Waals surface area contributed by atoms with Crippen molar-refractivity contribution < 1.29 is 9.59 Å². The van der Waals surface area contributed by atoms with E-state index in [-0.39, 0.29) is 36.2 Å². The zero-order valence-electron chi connectivity index (χ0n) is 19.2. The van der Waals surface area contributed by atoms with Crippen molar-refractivity contribution in [3.05, 3.63) is 78.2 Å². The summed E-state index contributed by atoms with van der Waals surface area (Å²) in [5, 5.41) is 3.44. The molecule has 0 spiro atoms. The number of carbonyl (C=O) groups is 2. The Kier molecular flexibility index (Phi) is 7.80. The van der Waals surface area contributed by atoms with Crippen molar-refractivity contribution in [3.8, 4) is 11.3 Å². The van der Waals surface area contributed by atoms with Crippen molar-refractivity contribution in [2.45, 2.75) is 44.2 Å². The van der Waals surface area contributed by atoms with Crippen LogP contribution in [0.3, 0.4) is 0 Å². The summed E-state index contributed by atoms with van der Waals surface area (Å²) in [6.07, 6.45) is 5.85. The molecular formula is C27H31ClN4O2. The standard InChI is InChI=1S/C27H30N4O2.ClH/c32-24-14-8-7-13-23(24)31-19-29-25(26(31)21-11-5-2-6-12-21)27(33)30-16-15-28-18-22(30)17-20-9-3-1-4-10-20;/h1-6,9-12,19,22-23,28H,7-8,13-18H2;1H/t22-,23?;/m1./s1. The molecule has 2 fully saturated rings.